The number of aliphatic hydroxyl groups is 1. The minimum absolute atomic E-state index is 0.111. The van der Waals surface area contributed by atoms with Crippen molar-refractivity contribution in [3.05, 3.63) is 0 Å². The molecule has 338 valence electrons. The molecule has 0 aromatic rings. The highest BCUT2D eigenvalue weighted by atomic mass is 31.2. The van der Waals surface area contributed by atoms with Gasteiger partial charge in [0.05, 0.1) is 6.16 Å². The topological polar surface area (TPSA) is 286 Å². The van der Waals surface area contributed by atoms with Gasteiger partial charge >= 0.3 is 38.0 Å². The van der Waals surface area contributed by atoms with Crippen LogP contribution in [-0.4, -0.2) is 81.0 Å². The molecular weight excluding hydrogens is 831 g/mol. The third-order valence-corrected chi connectivity index (χ3v) is 16.1. The van der Waals surface area contributed by atoms with Gasteiger partial charge in [-0.05, 0) is 38.5 Å². The molecule has 0 saturated heterocycles. The standard InChI is InChI=1S/C35H77O16P5/c36-30-24-18-12-6-3-9-15-21-27-33-54(43,50-34(55(44,45)46)28-22-16-10-4-1-7-13-19-25-31-52(37,38)39)51-35(56(47,48)49)29-23-17-11-5-2-8-14-20-26-32-53(40,41)42/h34-36H,1-33H2,(H2,37,38,39)(H2,40,41,42)(H2,44,45,46)(H2,47,48,49). The predicted octanol–water partition coefficient (Wildman–Crippen LogP) is 9.88. The normalized spacial score (nSPS) is 15.2. The van der Waals surface area contributed by atoms with Crippen LogP contribution in [0.25, 0.3) is 0 Å². The fraction of sp³-hybridized carbons (Fsp3) is 1.00. The number of aliphatic hydroxyl groups excluding tert-OH is 1. The highest BCUT2D eigenvalue weighted by molar-refractivity contribution is 7.58. The molecular formula is C35H77O16P5. The van der Waals surface area contributed by atoms with E-state index in [1.165, 1.54) is 0 Å². The van der Waals surface area contributed by atoms with Crippen molar-refractivity contribution in [1.82, 2.24) is 0 Å². The molecule has 0 fully saturated rings. The quantitative estimate of drug-likeness (QED) is 0.0204. The molecule has 0 rings (SSSR count). The Bertz CT molecular complexity index is 1120. The second kappa shape index (κ2) is 32.4. The molecule has 2 atom stereocenters. The van der Waals surface area contributed by atoms with Crippen molar-refractivity contribution in [2.75, 3.05) is 25.1 Å². The van der Waals surface area contributed by atoms with Crippen LogP contribution in [0.1, 0.15) is 186 Å². The van der Waals surface area contributed by atoms with E-state index in [0.717, 1.165) is 122 Å². The summed E-state index contributed by atoms with van der Waals surface area (Å²) in [6.45, 7) is 0.180. The number of hydrogen-bond donors (Lipinski definition) is 9. The fourth-order valence-electron chi connectivity index (χ4n) is 6.47. The van der Waals surface area contributed by atoms with E-state index < -0.39 is 49.7 Å². The van der Waals surface area contributed by atoms with Crippen LogP contribution in [0.3, 0.4) is 0 Å². The lowest BCUT2D eigenvalue weighted by molar-refractivity contribution is 0.133. The van der Waals surface area contributed by atoms with Crippen molar-refractivity contribution in [2.24, 2.45) is 0 Å². The third kappa shape index (κ3) is 36.6. The first-order chi connectivity index (χ1) is 26.2. The summed E-state index contributed by atoms with van der Waals surface area (Å²) < 4.78 is 72.5. The Balaban J connectivity index is 5.17. The molecule has 0 aromatic heterocycles. The summed E-state index contributed by atoms with van der Waals surface area (Å²) >= 11 is 0. The predicted molar refractivity (Wildman–Crippen MR) is 221 cm³/mol. The second-order valence-electron chi connectivity index (χ2n) is 15.3. The van der Waals surface area contributed by atoms with Crippen LogP contribution in [0.4, 0.5) is 0 Å². The molecule has 0 spiro atoms. The van der Waals surface area contributed by atoms with Crippen LogP contribution in [-0.2, 0) is 31.9 Å². The monoisotopic (exact) mass is 908 g/mol. The lowest BCUT2D eigenvalue weighted by Gasteiger charge is -2.29. The SMILES string of the molecule is O=P(O)(O)CCCCCCCCCCCC(OP(=O)(CCCCCCCCCCCO)OC(CCCCCCCCCCCP(=O)(O)O)P(=O)(O)O)P(=O)(O)O. The van der Waals surface area contributed by atoms with Crippen molar-refractivity contribution in [3.63, 3.8) is 0 Å². The smallest absolute Gasteiger partial charge is 0.354 e. The summed E-state index contributed by atoms with van der Waals surface area (Å²) in [7, 11) is -22.2. The third-order valence-electron chi connectivity index (χ3n) is 9.71. The summed E-state index contributed by atoms with van der Waals surface area (Å²) in [4.78, 5) is 76.5. The largest absolute Gasteiger partial charge is 0.396 e. The first-order valence-corrected chi connectivity index (χ1v) is 29.6. The molecule has 0 aliphatic rings. The van der Waals surface area contributed by atoms with Crippen LogP contribution in [0.15, 0.2) is 0 Å². The van der Waals surface area contributed by atoms with Gasteiger partial charge in [-0.25, -0.2) is 0 Å². The van der Waals surface area contributed by atoms with Gasteiger partial charge in [0, 0.05) is 18.9 Å². The van der Waals surface area contributed by atoms with E-state index in [1.807, 2.05) is 0 Å². The summed E-state index contributed by atoms with van der Waals surface area (Å²) in [5, 5.41) is 8.92. The van der Waals surface area contributed by atoms with Gasteiger partial charge < -0.3 is 44.3 Å². The maximum Gasteiger partial charge on any atom is 0.354 e. The Morgan fingerprint density at radius 1 is 0.321 bits per heavy atom. The minimum Gasteiger partial charge on any atom is -0.396 e. The van der Waals surface area contributed by atoms with Crippen LogP contribution < -0.4 is 0 Å². The van der Waals surface area contributed by atoms with E-state index >= 15 is 0 Å². The molecule has 0 amide bonds. The molecule has 2 unspecified atom stereocenters. The van der Waals surface area contributed by atoms with Gasteiger partial charge in [0.2, 0.25) is 0 Å². The van der Waals surface area contributed by atoms with E-state index in [1.54, 1.807) is 0 Å². The lowest BCUT2D eigenvalue weighted by atomic mass is 10.1. The number of unbranched alkanes of at least 4 members (excludes halogenated alkanes) is 24. The molecule has 0 aromatic carbocycles. The highest BCUT2D eigenvalue weighted by Crippen LogP contribution is 2.62. The lowest BCUT2D eigenvalue weighted by Crippen LogP contribution is -2.19. The van der Waals surface area contributed by atoms with E-state index in [-0.39, 0.29) is 37.9 Å². The average Bonchev–Trinajstić information content (AvgIpc) is 3.07. The molecule has 56 heavy (non-hydrogen) atoms. The Kier molecular flexibility index (Phi) is 32.8. The number of rotatable bonds is 41. The molecule has 0 bridgehead atoms. The van der Waals surface area contributed by atoms with Gasteiger partial charge in [0.25, 0.3) is 0 Å². The minimum atomic E-state index is -4.94. The Labute approximate surface area is 336 Å². The van der Waals surface area contributed by atoms with E-state index in [0.29, 0.717) is 51.4 Å². The van der Waals surface area contributed by atoms with Crippen LogP contribution in [0, 0.1) is 0 Å². The van der Waals surface area contributed by atoms with E-state index in [9.17, 15) is 42.4 Å². The molecule has 0 radical (unpaired) electrons. The van der Waals surface area contributed by atoms with E-state index in [4.69, 9.17) is 33.7 Å². The van der Waals surface area contributed by atoms with Crippen molar-refractivity contribution >= 4 is 38.0 Å². The highest BCUT2D eigenvalue weighted by Gasteiger charge is 2.42. The van der Waals surface area contributed by atoms with E-state index in [2.05, 4.69) is 0 Å². The van der Waals surface area contributed by atoms with Crippen molar-refractivity contribution in [2.45, 2.75) is 198 Å². The summed E-state index contributed by atoms with van der Waals surface area (Å²) in [6.07, 6.45) is 19.9. The Morgan fingerprint density at radius 2 is 0.554 bits per heavy atom. The average molecular weight is 909 g/mol. The molecule has 9 N–H and O–H groups in total. The Morgan fingerprint density at radius 3 is 0.804 bits per heavy atom. The molecule has 16 nitrogen and oxygen atoms in total. The molecule has 0 aliphatic carbocycles. The van der Waals surface area contributed by atoms with Gasteiger partial charge in [-0.15, -0.1) is 0 Å². The molecule has 0 heterocycles. The summed E-state index contributed by atoms with van der Waals surface area (Å²) in [6, 6.07) is 0. The zero-order chi connectivity index (χ0) is 42.4. The van der Waals surface area contributed by atoms with Gasteiger partial charge in [0.15, 0.2) is 11.7 Å². The zero-order valence-corrected chi connectivity index (χ0v) is 38.1. The Hall–Kier alpha value is 0.710. The first-order valence-electron chi connectivity index (χ1n) is 20.9. The van der Waals surface area contributed by atoms with Crippen LogP contribution >= 0.6 is 38.0 Å². The summed E-state index contributed by atoms with van der Waals surface area (Å²) in [5.74, 6) is -3.51. The van der Waals surface area contributed by atoms with Crippen molar-refractivity contribution in [1.29, 1.82) is 0 Å². The van der Waals surface area contributed by atoms with Gasteiger partial charge in [-0.2, -0.15) is 0 Å². The molecule has 0 aliphatic heterocycles. The van der Waals surface area contributed by atoms with Crippen LogP contribution in [0.2, 0.25) is 0 Å². The molecule has 0 saturated carbocycles. The fourth-order valence-corrected chi connectivity index (χ4v) is 12.4. The van der Waals surface area contributed by atoms with Gasteiger partial charge in [-0.3, -0.25) is 31.9 Å². The summed E-state index contributed by atoms with van der Waals surface area (Å²) in [5.41, 5.74) is 0. The second-order valence-corrected chi connectivity index (χ2v) is 24.4. The zero-order valence-electron chi connectivity index (χ0n) is 33.6. The van der Waals surface area contributed by atoms with Gasteiger partial charge in [0.1, 0.15) is 0 Å². The van der Waals surface area contributed by atoms with Gasteiger partial charge in [-0.1, -0.05) is 148 Å². The maximum absolute atomic E-state index is 14.2. The van der Waals surface area contributed by atoms with Crippen molar-refractivity contribution < 1.29 is 76.1 Å². The van der Waals surface area contributed by atoms with Crippen LogP contribution in [0.5, 0.6) is 0 Å². The first kappa shape index (κ1) is 56.7. The maximum atomic E-state index is 14.2. The number of hydrogen-bond acceptors (Lipinski definition) is 8. The van der Waals surface area contributed by atoms with Crippen molar-refractivity contribution in [3.8, 4) is 0 Å². The molecule has 21 heteroatoms.